The Labute approximate surface area is 112 Å². The molecule has 0 aliphatic carbocycles. The smallest absolute Gasteiger partial charge is 0.395 e. The molecule has 1 aliphatic rings. The second-order valence-electron chi connectivity index (χ2n) is 4.05. The second-order valence-corrected chi connectivity index (χ2v) is 4.05. The van der Waals surface area contributed by atoms with Gasteiger partial charge in [-0.05, 0) is 19.1 Å². The van der Waals surface area contributed by atoms with Gasteiger partial charge in [-0.3, -0.25) is 4.79 Å². The summed E-state index contributed by atoms with van der Waals surface area (Å²) < 4.78 is 34.1. The number of fused-ring (bicyclic) bond motifs is 1. The standard InChI is InChI=1S/C11H11F2N3O4/c1-5(15-10(14)18)9(17)16-6-2-3-7-8(4-6)20-11(12,13)19-7/h2-5H,1H3,(H,16,17)(H3,14,15,18)/t5-/m0/s1. The van der Waals surface area contributed by atoms with Gasteiger partial charge in [-0.2, -0.15) is 0 Å². The van der Waals surface area contributed by atoms with E-state index in [0.717, 1.165) is 0 Å². The van der Waals surface area contributed by atoms with E-state index in [0.29, 0.717) is 0 Å². The van der Waals surface area contributed by atoms with Crippen molar-refractivity contribution in [3.63, 3.8) is 0 Å². The molecule has 0 aromatic heterocycles. The molecule has 1 aromatic rings. The minimum absolute atomic E-state index is 0.128. The normalized spacial score (nSPS) is 16.4. The topological polar surface area (TPSA) is 103 Å². The first-order chi connectivity index (χ1) is 9.27. The Kier molecular flexibility index (Phi) is 3.35. The van der Waals surface area contributed by atoms with Crippen LogP contribution in [0.1, 0.15) is 6.92 Å². The highest BCUT2D eigenvalue weighted by Gasteiger charge is 2.43. The van der Waals surface area contributed by atoms with Crippen LogP contribution in [0, 0.1) is 0 Å². The molecule has 0 bridgehead atoms. The molecule has 0 unspecified atom stereocenters. The molecule has 108 valence electrons. The maximum Gasteiger partial charge on any atom is 0.586 e. The van der Waals surface area contributed by atoms with E-state index < -0.39 is 24.3 Å². The minimum Gasteiger partial charge on any atom is -0.395 e. The van der Waals surface area contributed by atoms with E-state index in [1.54, 1.807) is 0 Å². The van der Waals surface area contributed by atoms with Gasteiger partial charge in [0.05, 0.1) is 0 Å². The van der Waals surface area contributed by atoms with Crippen LogP contribution in [0.2, 0.25) is 0 Å². The zero-order valence-corrected chi connectivity index (χ0v) is 10.3. The number of amides is 3. The zero-order valence-electron chi connectivity index (χ0n) is 10.3. The Balaban J connectivity index is 2.05. The van der Waals surface area contributed by atoms with Crippen LogP contribution in [0.25, 0.3) is 0 Å². The summed E-state index contributed by atoms with van der Waals surface area (Å²) in [4.78, 5) is 22.3. The molecule has 0 saturated heterocycles. The number of nitrogens with one attached hydrogen (secondary N) is 2. The number of primary amides is 1. The van der Waals surface area contributed by atoms with Gasteiger partial charge in [0, 0.05) is 11.8 Å². The van der Waals surface area contributed by atoms with Crippen LogP contribution >= 0.6 is 0 Å². The number of carbonyl (C=O) groups excluding carboxylic acids is 2. The molecule has 0 radical (unpaired) electrons. The van der Waals surface area contributed by atoms with Crippen LogP contribution < -0.4 is 25.8 Å². The molecule has 4 N–H and O–H groups in total. The van der Waals surface area contributed by atoms with Crippen molar-refractivity contribution in [2.45, 2.75) is 19.3 Å². The molecular weight excluding hydrogens is 276 g/mol. The summed E-state index contributed by atoms with van der Waals surface area (Å²) in [6, 6.07) is 2.05. The fourth-order valence-corrected chi connectivity index (χ4v) is 1.56. The monoisotopic (exact) mass is 287 g/mol. The summed E-state index contributed by atoms with van der Waals surface area (Å²) in [6.45, 7) is 1.42. The SMILES string of the molecule is C[C@H](NC(N)=O)C(=O)Nc1ccc2c(c1)OC(F)(F)O2. The highest BCUT2D eigenvalue weighted by atomic mass is 19.3. The Morgan fingerprint density at radius 2 is 1.95 bits per heavy atom. The van der Waals surface area contributed by atoms with Crippen LogP contribution in [0.4, 0.5) is 19.3 Å². The molecule has 7 nitrogen and oxygen atoms in total. The van der Waals surface area contributed by atoms with Gasteiger partial charge in [-0.25, -0.2) is 4.79 Å². The number of carbonyl (C=O) groups is 2. The number of urea groups is 1. The Hall–Kier alpha value is -2.58. The molecule has 0 spiro atoms. The number of hydrogen-bond acceptors (Lipinski definition) is 4. The lowest BCUT2D eigenvalue weighted by molar-refractivity contribution is -0.286. The third-order valence-corrected chi connectivity index (χ3v) is 2.42. The maximum atomic E-state index is 12.8. The van der Waals surface area contributed by atoms with Crippen LogP contribution in [-0.4, -0.2) is 24.3 Å². The van der Waals surface area contributed by atoms with Crippen molar-refractivity contribution < 1.29 is 27.8 Å². The van der Waals surface area contributed by atoms with Gasteiger partial charge in [0.2, 0.25) is 5.91 Å². The van der Waals surface area contributed by atoms with Crippen LogP contribution in [0.3, 0.4) is 0 Å². The van der Waals surface area contributed by atoms with Gasteiger partial charge >= 0.3 is 12.3 Å². The van der Waals surface area contributed by atoms with Crippen molar-refractivity contribution in [1.29, 1.82) is 0 Å². The van der Waals surface area contributed by atoms with Crippen molar-refractivity contribution in [2.24, 2.45) is 5.73 Å². The first-order valence-corrected chi connectivity index (χ1v) is 5.53. The lowest BCUT2D eigenvalue weighted by Gasteiger charge is -2.12. The third-order valence-electron chi connectivity index (χ3n) is 2.42. The number of rotatable bonds is 3. The third kappa shape index (κ3) is 3.05. The lowest BCUT2D eigenvalue weighted by atomic mass is 10.2. The Morgan fingerprint density at radius 3 is 2.60 bits per heavy atom. The molecule has 20 heavy (non-hydrogen) atoms. The van der Waals surface area contributed by atoms with Crippen molar-refractivity contribution in [3.05, 3.63) is 18.2 Å². The van der Waals surface area contributed by atoms with Crippen LogP contribution in [0.5, 0.6) is 11.5 Å². The van der Waals surface area contributed by atoms with Gasteiger partial charge in [0.25, 0.3) is 0 Å². The zero-order chi connectivity index (χ0) is 14.9. The lowest BCUT2D eigenvalue weighted by Crippen LogP contribution is -2.44. The minimum atomic E-state index is -3.72. The summed E-state index contributed by atoms with van der Waals surface area (Å²) in [5, 5.41) is 4.59. The van der Waals surface area contributed by atoms with Gasteiger partial charge in [0.15, 0.2) is 11.5 Å². The van der Waals surface area contributed by atoms with E-state index in [1.807, 2.05) is 0 Å². The predicted octanol–water partition coefficient (Wildman–Crippen LogP) is 1.00. The van der Waals surface area contributed by atoms with E-state index in [1.165, 1.54) is 25.1 Å². The fraction of sp³-hybridized carbons (Fsp3) is 0.273. The number of alkyl halides is 2. The maximum absolute atomic E-state index is 12.8. The molecule has 1 heterocycles. The molecule has 0 fully saturated rings. The molecule has 2 rings (SSSR count). The first kappa shape index (κ1) is 13.8. The Bertz CT molecular complexity index is 565. The van der Waals surface area contributed by atoms with E-state index >= 15 is 0 Å². The van der Waals surface area contributed by atoms with Gasteiger partial charge in [-0.15, -0.1) is 8.78 Å². The highest BCUT2D eigenvalue weighted by molar-refractivity contribution is 5.96. The van der Waals surface area contributed by atoms with Crippen molar-refractivity contribution in [2.75, 3.05) is 5.32 Å². The average molecular weight is 287 g/mol. The van der Waals surface area contributed by atoms with Crippen LogP contribution in [-0.2, 0) is 4.79 Å². The number of benzene rings is 1. The van der Waals surface area contributed by atoms with Gasteiger partial charge in [-0.1, -0.05) is 0 Å². The number of anilines is 1. The van der Waals surface area contributed by atoms with E-state index in [-0.39, 0.29) is 17.2 Å². The first-order valence-electron chi connectivity index (χ1n) is 5.53. The number of ether oxygens (including phenoxy) is 2. The molecule has 9 heteroatoms. The number of halogens is 2. The average Bonchev–Trinajstić information content (AvgIpc) is 2.61. The quantitative estimate of drug-likeness (QED) is 0.771. The van der Waals surface area contributed by atoms with E-state index in [2.05, 4.69) is 20.1 Å². The highest BCUT2D eigenvalue weighted by Crippen LogP contribution is 2.42. The molecule has 3 amide bonds. The largest absolute Gasteiger partial charge is 0.586 e. The summed E-state index contributed by atoms with van der Waals surface area (Å²) in [5.74, 6) is -0.881. The summed E-state index contributed by atoms with van der Waals surface area (Å²) >= 11 is 0. The summed E-state index contributed by atoms with van der Waals surface area (Å²) in [7, 11) is 0. The van der Waals surface area contributed by atoms with Gasteiger partial charge in [0.1, 0.15) is 6.04 Å². The molecule has 0 saturated carbocycles. The second kappa shape index (κ2) is 4.83. The summed E-state index contributed by atoms with van der Waals surface area (Å²) in [5.41, 5.74) is 5.09. The van der Waals surface area contributed by atoms with E-state index in [9.17, 15) is 18.4 Å². The van der Waals surface area contributed by atoms with Gasteiger partial charge < -0.3 is 25.8 Å². The molecule has 1 atom stereocenters. The van der Waals surface area contributed by atoms with Crippen molar-refractivity contribution in [1.82, 2.24) is 5.32 Å². The van der Waals surface area contributed by atoms with Crippen LogP contribution in [0.15, 0.2) is 18.2 Å². The molecule has 1 aromatic carbocycles. The van der Waals surface area contributed by atoms with E-state index in [4.69, 9.17) is 5.73 Å². The predicted molar refractivity (Wildman–Crippen MR) is 63.5 cm³/mol. The molecule has 1 aliphatic heterocycles. The Morgan fingerprint density at radius 1 is 1.30 bits per heavy atom. The molecular formula is C11H11F2N3O4. The fourth-order valence-electron chi connectivity index (χ4n) is 1.56. The number of hydrogen-bond donors (Lipinski definition) is 3. The van der Waals surface area contributed by atoms with Crippen molar-refractivity contribution in [3.8, 4) is 11.5 Å². The summed E-state index contributed by atoms with van der Waals surface area (Å²) in [6.07, 6.45) is -3.72. The number of nitrogens with two attached hydrogens (primary N) is 1. The van der Waals surface area contributed by atoms with Crippen molar-refractivity contribution >= 4 is 17.6 Å².